The number of phenolic OH excluding ortho intramolecular Hbond substituents is 1. The standard InChI is InChI=1S/C15H12O3/c1-8-13(16)9(2)15-11(14(8)17)7-10-5-3-4-6-12(10)18-15/h3-7,16H,1-2H3. The van der Waals surface area contributed by atoms with Crippen LogP contribution in [0, 0.1) is 13.8 Å². The van der Waals surface area contributed by atoms with Gasteiger partial charge in [-0.25, -0.2) is 0 Å². The summed E-state index contributed by atoms with van der Waals surface area (Å²) in [5.41, 5.74) is 2.01. The Kier molecular flexibility index (Phi) is 2.17. The Morgan fingerprint density at radius 3 is 2.61 bits per heavy atom. The molecule has 90 valence electrons. The van der Waals surface area contributed by atoms with Gasteiger partial charge in [0.2, 0.25) is 0 Å². The minimum Gasteiger partial charge on any atom is -0.507 e. The van der Waals surface area contributed by atoms with Crippen LogP contribution in [0.3, 0.4) is 0 Å². The summed E-state index contributed by atoms with van der Waals surface area (Å²) in [6.07, 6.45) is 0. The largest absolute Gasteiger partial charge is 0.507 e. The van der Waals surface area contributed by atoms with Crippen molar-refractivity contribution in [1.29, 1.82) is 0 Å². The number of benzene rings is 2. The van der Waals surface area contributed by atoms with Crippen LogP contribution in [0.1, 0.15) is 11.1 Å². The molecular weight excluding hydrogens is 228 g/mol. The van der Waals surface area contributed by atoms with Crippen molar-refractivity contribution in [3.63, 3.8) is 0 Å². The maximum Gasteiger partial charge on any atom is 0.196 e. The number of rotatable bonds is 0. The Morgan fingerprint density at radius 1 is 1.11 bits per heavy atom. The number of para-hydroxylation sites is 1. The molecule has 0 spiro atoms. The highest BCUT2D eigenvalue weighted by molar-refractivity contribution is 5.84. The molecule has 0 unspecified atom stereocenters. The summed E-state index contributed by atoms with van der Waals surface area (Å²) in [7, 11) is 0. The second-order valence-electron chi connectivity index (χ2n) is 4.45. The van der Waals surface area contributed by atoms with Crippen LogP contribution in [0.25, 0.3) is 22.3 Å². The minimum atomic E-state index is -0.178. The molecule has 3 heteroatoms. The fourth-order valence-electron chi connectivity index (χ4n) is 2.22. The van der Waals surface area contributed by atoms with Crippen molar-refractivity contribution in [1.82, 2.24) is 0 Å². The van der Waals surface area contributed by atoms with Crippen molar-refractivity contribution >= 4 is 11.0 Å². The van der Waals surface area contributed by atoms with E-state index in [0.717, 1.165) is 5.39 Å². The molecule has 1 aliphatic heterocycles. The van der Waals surface area contributed by atoms with E-state index in [0.29, 0.717) is 28.0 Å². The summed E-state index contributed by atoms with van der Waals surface area (Å²) >= 11 is 0. The quantitative estimate of drug-likeness (QED) is 0.614. The van der Waals surface area contributed by atoms with Gasteiger partial charge in [0.25, 0.3) is 0 Å². The molecule has 0 aromatic heterocycles. The topological polar surface area (TPSA) is 50.4 Å². The molecule has 1 aliphatic carbocycles. The number of fused-ring (bicyclic) bond motifs is 2. The molecule has 0 atom stereocenters. The van der Waals surface area contributed by atoms with Crippen LogP contribution >= 0.6 is 0 Å². The van der Waals surface area contributed by atoms with Crippen LogP contribution in [-0.2, 0) is 0 Å². The van der Waals surface area contributed by atoms with Gasteiger partial charge in [-0.05, 0) is 26.0 Å². The van der Waals surface area contributed by atoms with Gasteiger partial charge in [-0.15, -0.1) is 0 Å². The SMILES string of the molecule is Cc1c2oc3ccccc3cc-2c(=O)c(C)c1O. The second-order valence-corrected chi connectivity index (χ2v) is 4.45. The highest BCUT2D eigenvalue weighted by Crippen LogP contribution is 2.34. The van der Waals surface area contributed by atoms with E-state index in [1.807, 2.05) is 30.3 Å². The highest BCUT2D eigenvalue weighted by Gasteiger charge is 2.19. The Hall–Kier alpha value is -2.29. The average Bonchev–Trinajstić information content (AvgIpc) is 2.41. The fraction of sp³-hybridized carbons (Fsp3) is 0.133. The summed E-state index contributed by atoms with van der Waals surface area (Å²) in [6, 6.07) is 9.33. The first-order chi connectivity index (χ1) is 8.59. The van der Waals surface area contributed by atoms with Gasteiger partial charge in [0, 0.05) is 16.5 Å². The summed E-state index contributed by atoms with van der Waals surface area (Å²) in [5, 5.41) is 10.8. The van der Waals surface area contributed by atoms with Crippen LogP contribution in [0.5, 0.6) is 5.75 Å². The molecule has 0 radical (unpaired) electrons. The zero-order valence-corrected chi connectivity index (χ0v) is 10.2. The summed E-state index contributed by atoms with van der Waals surface area (Å²) in [4.78, 5) is 12.1. The highest BCUT2D eigenvalue weighted by atomic mass is 16.3. The molecule has 0 saturated carbocycles. The maximum atomic E-state index is 12.1. The van der Waals surface area contributed by atoms with Crippen molar-refractivity contribution < 1.29 is 9.52 Å². The zero-order chi connectivity index (χ0) is 12.9. The molecule has 0 saturated heterocycles. The molecule has 0 fully saturated rings. The van der Waals surface area contributed by atoms with Gasteiger partial charge >= 0.3 is 0 Å². The van der Waals surface area contributed by atoms with Gasteiger partial charge in [0.15, 0.2) is 5.43 Å². The van der Waals surface area contributed by atoms with E-state index in [-0.39, 0.29) is 11.2 Å². The van der Waals surface area contributed by atoms with Crippen molar-refractivity contribution in [2.45, 2.75) is 13.8 Å². The third kappa shape index (κ3) is 1.34. The molecule has 18 heavy (non-hydrogen) atoms. The summed E-state index contributed by atoms with van der Waals surface area (Å²) in [5.74, 6) is 0.480. The normalized spacial score (nSPS) is 11.2. The molecular formula is C15H12O3. The van der Waals surface area contributed by atoms with E-state index < -0.39 is 0 Å². The van der Waals surface area contributed by atoms with Gasteiger partial charge in [-0.3, -0.25) is 4.79 Å². The Labute approximate surface area is 104 Å². The van der Waals surface area contributed by atoms with Crippen LogP contribution in [0.2, 0.25) is 0 Å². The molecule has 2 aliphatic rings. The van der Waals surface area contributed by atoms with E-state index >= 15 is 0 Å². The molecule has 1 aromatic rings. The molecule has 1 N–H and O–H groups in total. The first-order valence-corrected chi connectivity index (χ1v) is 5.74. The van der Waals surface area contributed by atoms with Gasteiger partial charge in [-0.2, -0.15) is 0 Å². The van der Waals surface area contributed by atoms with E-state index in [1.165, 1.54) is 0 Å². The van der Waals surface area contributed by atoms with Crippen LogP contribution < -0.4 is 5.43 Å². The minimum absolute atomic E-state index is 0.0199. The van der Waals surface area contributed by atoms with Gasteiger partial charge in [0.1, 0.15) is 17.1 Å². The number of hydrogen-bond acceptors (Lipinski definition) is 3. The third-order valence-corrected chi connectivity index (χ3v) is 3.31. The van der Waals surface area contributed by atoms with Crippen molar-refractivity contribution in [2.24, 2.45) is 0 Å². The van der Waals surface area contributed by atoms with Gasteiger partial charge in [0.05, 0.1) is 5.56 Å². The average molecular weight is 240 g/mol. The fourth-order valence-corrected chi connectivity index (χ4v) is 2.22. The zero-order valence-electron chi connectivity index (χ0n) is 10.2. The number of phenols is 1. The van der Waals surface area contributed by atoms with E-state index in [1.54, 1.807) is 13.8 Å². The molecule has 0 bridgehead atoms. The lowest BCUT2D eigenvalue weighted by Gasteiger charge is -2.12. The monoisotopic (exact) mass is 240 g/mol. The van der Waals surface area contributed by atoms with Crippen molar-refractivity contribution in [3.05, 3.63) is 51.7 Å². The lowest BCUT2D eigenvalue weighted by Crippen LogP contribution is -2.11. The number of hydrogen-bond donors (Lipinski definition) is 1. The third-order valence-electron chi connectivity index (χ3n) is 3.31. The van der Waals surface area contributed by atoms with Gasteiger partial charge < -0.3 is 9.52 Å². The van der Waals surface area contributed by atoms with Gasteiger partial charge in [-0.1, -0.05) is 18.2 Å². The Morgan fingerprint density at radius 2 is 1.83 bits per heavy atom. The molecule has 1 aromatic carbocycles. The Bertz CT molecular complexity index is 784. The first-order valence-electron chi connectivity index (χ1n) is 5.74. The van der Waals surface area contributed by atoms with Crippen molar-refractivity contribution in [3.8, 4) is 17.1 Å². The van der Waals surface area contributed by atoms with Crippen molar-refractivity contribution in [2.75, 3.05) is 0 Å². The smallest absolute Gasteiger partial charge is 0.196 e. The van der Waals surface area contributed by atoms with Crippen LogP contribution in [0.15, 0.2) is 39.5 Å². The molecule has 1 heterocycles. The Balaban J connectivity index is 2.59. The van der Waals surface area contributed by atoms with E-state index in [9.17, 15) is 9.90 Å². The second kappa shape index (κ2) is 3.60. The van der Waals surface area contributed by atoms with E-state index in [2.05, 4.69) is 0 Å². The van der Waals surface area contributed by atoms with Crippen LogP contribution in [-0.4, -0.2) is 5.11 Å². The molecule has 0 amide bonds. The predicted octanol–water partition coefficient (Wildman–Crippen LogP) is 3.22. The lowest BCUT2D eigenvalue weighted by molar-refractivity contribution is 0.462. The van der Waals surface area contributed by atoms with Crippen LogP contribution in [0.4, 0.5) is 0 Å². The molecule has 3 rings (SSSR count). The van der Waals surface area contributed by atoms with E-state index in [4.69, 9.17) is 4.42 Å². The first kappa shape index (κ1) is 10.8. The molecule has 3 nitrogen and oxygen atoms in total. The summed E-state index contributed by atoms with van der Waals surface area (Å²) < 4.78 is 5.73. The predicted molar refractivity (Wildman–Crippen MR) is 70.2 cm³/mol. The number of aromatic hydroxyl groups is 1. The lowest BCUT2D eigenvalue weighted by atomic mass is 9.99. The summed E-state index contributed by atoms with van der Waals surface area (Å²) in [6.45, 7) is 3.38. The maximum absolute atomic E-state index is 12.1.